The molecule has 0 fully saturated rings. The average Bonchev–Trinajstić information content (AvgIpc) is 2.59. The summed E-state index contributed by atoms with van der Waals surface area (Å²) in [6.45, 7) is 4.29. The Labute approximate surface area is 92.0 Å². The Morgan fingerprint density at radius 1 is 1.64 bits per heavy atom. The molecule has 1 N–H and O–H groups in total. The van der Waals surface area contributed by atoms with E-state index in [1.165, 1.54) is 0 Å². The molecule has 78 valence electrons. The number of carbonyl (C=O) groups is 1. The van der Waals surface area contributed by atoms with Crippen molar-refractivity contribution < 1.29 is 9.21 Å². The number of furan rings is 1. The normalized spacial score (nSPS) is 12.5. The molecule has 0 aliphatic rings. The molecule has 1 aromatic rings. The Bertz CT molecular complexity index is 309. The zero-order valence-corrected chi connectivity index (χ0v) is 9.93. The van der Waals surface area contributed by atoms with Crippen LogP contribution in [0.15, 0.2) is 16.5 Å². The third-order valence-electron chi connectivity index (χ3n) is 1.88. The number of carbonyl (C=O) groups excluding carboxylic acids is 1. The molecule has 0 spiro atoms. The van der Waals surface area contributed by atoms with Crippen LogP contribution in [0, 0.1) is 6.92 Å². The van der Waals surface area contributed by atoms with Crippen molar-refractivity contribution in [3.05, 3.63) is 23.7 Å². The summed E-state index contributed by atoms with van der Waals surface area (Å²) in [4.78, 5) is 11.2. The van der Waals surface area contributed by atoms with E-state index in [9.17, 15) is 4.79 Å². The highest BCUT2D eigenvalue weighted by molar-refractivity contribution is 9.10. The van der Waals surface area contributed by atoms with E-state index in [2.05, 4.69) is 21.2 Å². The van der Waals surface area contributed by atoms with E-state index in [0.29, 0.717) is 6.54 Å². The molecule has 3 nitrogen and oxygen atoms in total. The molecule has 0 saturated heterocycles. The zero-order chi connectivity index (χ0) is 10.6. The second-order valence-electron chi connectivity index (χ2n) is 3.11. The molecule has 0 bridgehead atoms. The van der Waals surface area contributed by atoms with Crippen molar-refractivity contribution in [1.29, 1.82) is 0 Å². The van der Waals surface area contributed by atoms with Crippen LogP contribution in [0.1, 0.15) is 24.9 Å². The molecule has 1 heterocycles. The van der Waals surface area contributed by atoms with Gasteiger partial charge in [-0.15, -0.1) is 0 Å². The van der Waals surface area contributed by atoms with Crippen molar-refractivity contribution in [2.75, 3.05) is 0 Å². The van der Waals surface area contributed by atoms with Gasteiger partial charge in [0.15, 0.2) is 0 Å². The average molecular weight is 260 g/mol. The highest BCUT2D eigenvalue weighted by Crippen LogP contribution is 2.07. The molecule has 14 heavy (non-hydrogen) atoms. The first-order chi connectivity index (χ1) is 6.63. The lowest BCUT2D eigenvalue weighted by atomic mass is 10.3. The van der Waals surface area contributed by atoms with Crippen LogP contribution in [0.5, 0.6) is 0 Å². The molecule has 0 aliphatic carbocycles. The smallest absolute Gasteiger partial charge is 0.234 e. The molecule has 1 unspecified atom stereocenters. The Morgan fingerprint density at radius 3 is 2.86 bits per heavy atom. The van der Waals surface area contributed by atoms with Crippen molar-refractivity contribution in [3.63, 3.8) is 0 Å². The van der Waals surface area contributed by atoms with E-state index in [4.69, 9.17) is 4.42 Å². The fourth-order valence-corrected chi connectivity index (χ4v) is 1.21. The van der Waals surface area contributed by atoms with E-state index >= 15 is 0 Å². The number of halogens is 1. The maximum atomic E-state index is 11.4. The number of rotatable bonds is 4. The number of amides is 1. The topological polar surface area (TPSA) is 42.2 Å². The molecule has 0 saturated carbocycles. The van der Waals surface area contributed by atoms with Gasteiger partial charge < -0.3 is 9.73 Å². The summed E-state index contributed by atoms with van der Waals surface area (Å²) in [6.07, 6.45) is 0.781. The van der Waals surface area contributed by atoms with Gasteiger partial charge in [0, 0.05) is 0 Å². The van der Waals surface area contributed by atoms with Crippen LogP contribution in [0.4, 0.5) is 0 Å². The molecule has 0 aromatic carbocycles. The molecular weight excluding hydrogens is 246 g/mol. The van der Waals surface area contributed by atoms with Gasteiger partial charge in [-0.05, 0) is 25.5 Å². The maximum Gasteiger partial charge on any atom is 0.234 e. The van der Waals surface area contributed by atoms with E-state index < -0.39 is 0 Å². The third-order valence-corrected chi connectivity index (χ3v) is 2.94. The summed E-state index contributed by atoms with van der Waals surface area (Å²) in [5.41, 5.74) is 0. The zero-order valence-electron chi connectivity index (χ0n) is 8.34. The number of nitrogens with one attached hydrogen (secondary N) is 1. The van der Waals surface area contributed by atoms with Crippen LogP contribution >= 0.6 is 15.9 Å². The second-order valence-corrected chi connectivity index (χ2v) is 4.21. The van der Waals surface area contributed by atoms with Gasteiger partial charge in [-0.3, -0.25) is 4.79 Å². The van der Waals surface area contributed by atoms with Crippen molar-refractivity contribution in [2.24, 2.45) is 0 Å². The van der Waals surface area contributed by atoms with Crippen LogP contribution in [0.3, 0.4) is 0 Å². The first kappa shape index (κ1) is 11.3. The minimum absolute atomic E-state index is 0.00144. The van der Waals surface area contributed by atoms with Crippen LogP contribution in [-0.4, -0.2) is 10.7 Å². The minimum Gasteiger partial charge on any atom is -0.465 e. The Balaban J connectivity index is 2.37. The quantitative estimate of drug-likeness (QED) is 0.844. The molecule has 1 amide bonds. The fourth-order valence-electron chi connectivity index (χ4n) is 1.05. The molecule has 0 aliphatic heterocycles. The number of aryl methyl sites for hydroxylation is 1. The van der Waals surface area contributed by atoms with Crippen molar-refractivity contribution >= 4 is 21.8 Å². The molecule has 1 atom stereocenters. The molecule has 1 aromatic heterocycles. The third kappa shape index (κ3) is 3.18. The SMILES string of the molecule is CCC(Br)C(=O)NCc1ccc(C)o1. The lowest BCUT2D eigenvalue weighted by Crippen LogP contribution is -2.29. The molecule has 1 rings (SSSR count). The van der Waals surface area contributed by atoms with E-state index in [-0.39, 0.29) is 10.7 Å². The van der Waals surface area contributed by atoms with E-state index in [1.54, 1.807) is 0 Å². The largest absolute Gasteiger partial charge is 0.465 e. The number of hydrogen-bond acceptors (Lipinski definition) is 2. The summed E-state index contributed by atoms with van der Waals surface area (Å²) in [5.74, 6) is 1.65. The van der Waals surface area contributed by atoms with E-state index in [1.807, 2.05) is 26.0 Å². The molecular formula is C10H14BrNO2. The monoisotopic (exact) mass is 259 g/mol. The van der Waals surface area contributed by atoms with Crippen LogP contribution in [-0.2, 0) is 11.3 Å². The Hall–Kier alpha value is -0.770. The summed E-state index contributed by atoms with van der Waals surface area (Å²) >= 11 is 3.28. The first-order valence-electron chi connectivity index (χ1n) is 4.60. The van der Waals surface area contributed by atoms with Gasteiger partial charge in [-0.1, -0.05) is 22.9 Å². The van der Waals surface area contributed by atoms with Gasteiger partial charge in [0.2, 0.25) is 5.91 Å². The lowest BCUT2D eigenvalue weighted by molar-refractivity contribution is -0.120. The van der Waals surface area contributed by atoms with Crippen LogP contribution < -0.4 is 5.32 Å². The fraction of sp³-hybridized carbons (Fsp3) is 0.500. The van der Waals surface area contributed by atoms with Crippen molar-refractivity contribution in [3.8, 4) is 0 Å². The van der Waals surface area contributed by atoms with Gasteiger partial charge in [0.1, 0.15) is 11.5 Å². The van der Waals surface area contributed by atoms with Crippen LogP contribution in [0.25, 0.3) is 0 Å². The standard InChI is InChI=1S/C10H14BrNO2/c1-3-9(11)10(13)12-6-8-5-4-7(2)14-8/h4-5,9H,3,6H2,1-2H3,(H,12,13). The predicted octanol–water partition coefficient (Wildman–Crippen LogP) is 2.38. The predicted molar refractivity (Wildman–Crippen MR) is 58.3 cm³/mol. The summed E-state index contributed by atoms with van der Waals surface area (Å²) in [6, 6.07) is 3.75. The summed E-state index contributed by atoms with van der Waals surface area (Å²) in [5, 5.41) is 2.78. The number of hydrogen-bond donors (Lipinski definition) is 1. The van der Waals surface area contributed by atoms with Gasteiger partial charge in [-0.2, -0.15) is 0 Å². The summed E-state index contributed by atoms with van der Waals surface area (Å²) in [7, 11) is 0. The van der Waals surface area contributed by atoms with Gasteiger partial charge in [0.05, 0.1) is 11.4 Å². The minimum atomic E-state index is -0.112. The van der Waals surface area contributed by atoms with Gasteiger partial charge >= 0.3 is 0 Å². The molecule has 4 heteroatoms. The van der Waals surface area contributed by atoms with E-state index in [0.717, 1.165) is 17.9 Å². The first-order valence-corrected chi connectivity index (χ1v) is 5.52. The van der Waals surface area contributed by atoms with Crippen molar-refractivity contribution in [1.82, 2.24) is 5.32 Å². The van der Waals surface area contributed by atoms with Crippen molar-refractivity contribution in [2.45, 2.75) is 31.6 Å². The lowest BCUT2D eigenvalue weighted by Gasteiger charge is -2.06. The highest BCUT2D eigenvalue weighted by atomic mass is 79.9. The van der Waals surface area contributed by atoms with Gasteiger partial charge in [0.25, 0.3) is 0 Å². The summed E-state index contributed by atoms with van der Waals surface area (Å²) < 4.78 is 5.32. The Kier molecular flexibility index (Phi) is 4.20. The number of alkyl halides is 1. The highest BCUT2D eigenvalue weighted by Gasteiger charge is 2.11. The van der Waals surface area contributed by atoms with Gasteiger partial charge in [-0.25, -0.2) is 0 Å². The maximum absolute atomic E-state index is 11.4. The van der Waals surface area contributed by atoms with Crippen LogP contribution in [0.2, 0.25) is 0 Å². The Morgan fingerprint density at radius 2 is 2.36 bits per heavy atom. The second kappa shape index (κ2) is 5.20. The molecule has 0 radical (unpaired) electrons.